The average molecular weight is 516 g/mol. The number of anilines is 1. The first-order chi connectivity index (χ1) is 19.1. The highest BCUT2D eigenvalue weighted by molar-refractivity contribution is 6.24. The van der Waals surface area contributed by atoms with E-state index in [0.29, 0.717) is 28.3 Å². The molecule has 1 amide bonds. The highest BCUT2D eigenvalue weighted by Gasteiger charge is 2.21. The normalized spacial score (nSPS) is 13.3. The van der Waals surface area contributed by atoms with Gasteiger partial charge in [-0.3, -0.25) is 9.59 Å². The predicted octanol–water partition coefficient (Wildman–Crippen LogP) is 4.95. The van der Waals surface area contributed by atoms with Gasteiger partial charge in [-0.25, -0.2) is 0 Å². The maximum absolute atomic E-state index is 13.7. The van der Waals surface area contributed by atoms with Crippen molar-refractivity contribution in [1.82, 2.24) is 0 Å². The molecule has 5 nitrogen and oxygen atoms in total. The van der Waals surface area contributed by atoms with Crippen molar-refractivity contribution in [2.45, 2.75) is 25.7 Å². The number of methoxy groups -OCH3 is 2. The molecule has 0 aromatic heterocycles. The third-order valence-corrected chi connectivity index (χ3v) is 7.68. The van der Waals surface area contributed by atoms with Gasteiger partial charge in [-0.2, -0.15) is 0 Å². The van der Waals surface area contributed by atoms with Gasteiger partial charge in [0.1, 0.15) is 11.5 Å². The second-order valence-corrected chi connectivity index (χ2v) is 9.91. The van der Waals surface area contributed by atoms with Crippen LogP contribution in [0.3, 0.4) is 0 Å². The van der Waals surface area contributed by atoms with Crippen molar-refractivity contribution in [2.24, 2.45) is 0 Å². The van der Waals surface area contributed by atoms with E-state index in [1.54, 1.807) is 56.7 Å². The molecule has 0 unspecified atom stereocenters. The van der Waals surface area contributed by atoms with Gasteiger partial charge in [-0.15, -0.1) is 0 Å². The Hall–Kier alpha value is -4.64. The highest BCUT2D eigenvalue weighted by Crippen LogP contribution is 2.26. The Morgan fingerprint density at radius 2 is 1.44 bits per heavy atom. The van der Waals surface area contributed by atoms with Gasteiger partial charge in [-0.05, 0) is 94.1 Å². The fourth-order valence-corrected chi connectivity index (χ4v) is 5.71. The second kappa shape index (κ2) is 10.3. The molecule has 0 atom stereocenters. The molecule has 2 aliphatic rings. The van der Waals surface area contributed by atoms with E-state index in [-0.39, 0.29) is 11.7 Å². The van der Waals surface area contributed by atoms with Crippen LogP contribution in [0.1, 0.15) is 44.7 Å². The molecular formula is C34H29NO4. The number of amides is 1. The Morgan fingerprint density at radius 3 is 2.18 bits per heavy atom. The van der Waals surface area contributed by atoms with Gasteiger partial charge < -0.3 is 14.8 Å². The second-order valence-electron chi connectivity index (χ2n) is 9.91. The average Bonchev–Trinajstić information content (AvgIpc) is 3.00. The SMILES string of the molecule is COc1cc(OC)cc(C(=O)Nc2ccc(C(=O)C3=c4ccc5c(c4CCC3)CC=c3ccccc3=5)cc2)c1. The lowest BCUT2D eigenvalue weighted by atomic mass is 9.84. The van der Waals surface area contributed by atoms with E-state index in [0.717, 1.165) is 36.5 Å². The molecule has 5 heteroatoms. The zero-order chi connectivity index (χ0) is 26.9. The zero-order valence-electron chi connectivity index (χ0n) is 22.0. The fraction of sp³-hybridized carbons (Fsp3) is 0.176. The third-order valence-electron chi connectivity index (χ3n) is 7.68. The van der Waals surface area contributed by atoms with E-state index >= 15 is 0 Å². The van der Waals surface area contributed by atoms with E-state index in [1.807, 2.05) is 0 Å². The minimum atomic E-state index is -0.287. The predicted molar refractivity (Wildman–Crippen MR) is 153 cm³/mol. The van der Waals surface area contributed by atoms with Crippen molar-refractivity contribution in [3.05, 3.63) is 122 Å². The van der Waals surface area contributed by atoms with Crippen molar-refractivity contribution >= 4 is 29.0 Å². The topological polar surface area (TPSA) is 64.6 Å². The van der Waals surface area contributed by atoms with Gasteiger partial charge in [0.05, 0.1) is 14.2 Å². The van der Waals surface area contributed by atoms with Gasteiger partial charge >= 0.3 is 0 Å². The molecule has 4 aromatic carbocycles. The molecule has 6 rings (SSSR count). The summed E-state index contributed by atoms with van der Waals surface area (Å²) in [5.74, 6) is 0.832. The maximum atomic E-state index is 13.7. The summed E-state index contributed by atoms with van der Waals surface area (Å²) in [6, 6.07) is 25.0. The summed E-state index contributed by atoms with van der Waals surface area (Å²) < 4.78 is 10.5. The highest BCUT2D eigenvalue weighted by atomic mass is 16.5. The quantitative estimate of drug-likeness (QED) is 0.369. The van der Waals surface area contributed by atoms with Crippen LogP contribution in [0.4, 0.5) is 5.69 Å². The molecule has 0 heterocycles. The Morgan fingerprint density at radius 1 is 0.718 bits per heavy atom. The van der Waals surface area contributed by atoms with Gasteiger partial charge in [0.15, 0.2) is 5.78 Å². The molecule has 0 radical (unpaired) electrons. The Bertz CT molecular complexity index is 1820. The van der Waals surface area contributed by atoms with E-state index in [1.165, 1.54) is 26.8 Å². The monoisotopic (exact) mass is 515 g/mol. The van der Waals surface area contributed by atoms with Crippen LogP contribution in [0.25, 0.3) is 11.6 Å². The first kappa shape index (κ1) is 24.7. The number of hydrogen-bond acceptors (Lipinski definition) is 4. The van der Waals surface area contributed by atoms with Crippen molar-refractivity contribution in [1.29, 1.82) is 0 Å². The van der Waals surface area contributed by atoms with Crippen molar-refractivity contribution in [3.63, 3.8) is 0 Å². The fourth-order valence-electron chi connectivity index (χ4n) is 5.71. The number of ketones is 1. The summed E-state index contributed by atoms with van der Waals surface area (Å²) >= 11 is 0. The van der Waals surface area contributed by atoms with Crippen LogP contribution in [-0.2, 0) is 12.8 Å². The van der Waals surface area contributed by atoms with Crippen LogP contribution in [0.5, 0.6) is 11.5 Å². The Labute approximate surface area is 226 Å². The summed E-state index contributed by atoms with van der Waals surface area (Å²) in [7, 11) is 3.09. The number of carbonyl (C=O) groups excluding carboxylic acids is 2. The lowest BCUT2D eigenvalue weighted by Gasteiger charge is -2.20. The molecule has 194 valence electrons. The van der Waals surface area contributed by atoms with E-state index < -0.39 is 0 Å². The standard InChI is InChI=1S/C34H29NO4/c1-38-25-18-23(19-26(20-25)39-2)34(37)35-24-13-10-22(11-14-24)33(36)32-9-5-8-28-30-15-12-21-6-3-4-7-27(21)29(30)16-17-31(28)32/h3-4,6-7,10-14,16-20H,5,8-9,15H2,1-2H3,(H,35,37). The first-order valence-electron chi connectivity index (χ1n) is 13.2. The zero-order valence-corrected chi connectivity index (χ0v) is 22.0. The molecule has 0 saturated carbocycles. The maximum Gasteiger partial charge on any atom is 0.255 e. The molecule has 0 fully saturated rings. The molecule has 4 aromatic rings. The number of nitrogens with one attached hydrogen (secondary N) is 1. The van der Waals surface area contributed by atoms with Crippen LogP contribution in [0.15, 0.2) is 78.9 Å². The number of benzene rings is 4. The minimum absolute atomic E-state index is 0.0477. The molecule has 0 spiro atoms. The van der Waals surface area contributed by atoms with E-state index in [2.05, 4.69) is 47.8 Å². The van der Waals surface area contributed by atoms with Gasteiger partial charge in [0.2, 0.25) is 0 Å². The van der Waals surface area contributed by atoms with Crippen LogP contribution >= 0.6 is 0 Å². The molecular weight excluding hydrogens is 486 g/mol. The lowest BCUT2D eigenvalue weighted by Crippen LogP contribution is -2.25. The largest absolute Gasteiger partial charge is 0.497 e. The van der Waals surface area contributed by atoms with E-state index in [4.69, 9.17) is 9.47 Å². The van der Waals surface area contributed by atoms with E-state index in [9.17, 15) is 9.59 Å². The summed E-state index contributed by atoms with van der Waals surface area (Å²) in [5, 5.41) is 7.81. The van der Waals surface area contributed by atoms with Crippen molar-refractivity contribution in [3.8, 4) is 11.5 Å². The molecule has 0 aliphatic heterocycles. The summed E-state index contributed by atoms with van der Waals surface area (Å²) in [4.78, 5) is 26.5. The molecule has 0 bridgehead atoms. The number of hydrogen-bond donors (Lipinski definition) is 1. The van der Waals surface area contributed by atoms with Gasteiger partial charge in [-0.1, -0.05) is 42.5 Å². The van der Waals surface area contributed by atoms with Crippen molar-refractivity contribution in [2.75, 3.05) is 19.5 Å². The summed E-state index contributed by atoms with van der Waals surface area (Å²) in [5.41, 5.74) is 5.18. The molecule has 2 aliphatic carbocycles. The van der Waals surface area contributed by atoms with Gasteiger partial charge in [0.25, 0.3) is 5.91 Å². The Kier molecular flexibility index (Phi) is 6.49. The van der Waals surface area contributed by atoms with Crippen LogP contribution in [0, 0.1) is 10.4 Å². The lowest BCUT2D eigenvalue weighted by molar-refractivity contribution is 0.102. The number of carbonyl (C=O) groups is 2. The smallest absolute Gasteiger partial charge is 0.255 e. The first-order valence-corrected chi connectivity index (χ1v) is 13.2. The number of ether oxygens (including phenoxy) is 2. The van der Waals surface area contributed by atoms with Crippen LogP contribution in [0.2, 0.25) is 0 Å². The molecule has 1 N–H and O–H groups in total. The number of rotatable bonds is 6. The van der Waals surface area contributed by atoms with Crippen LogP contribution < -0.4 is 25.2 Å². The Balaban J connectivity index is 1.30. The minimum Gasteiger partial charge on any atom is -0.497 e. The van der Waals surface area contributed by atoms with Crippen LogP contribution in [-0.4, -0.2) is 25.9 Å². The number of Topliss-reactive ketones (excluding diaryl/α,β-unsaturated/α-hetero) is 1. The summed E-state index contributed by atoms with van der Waals surface area (Å²) in [6.45, 7) is 0. The molecule has 39 heavy (non-hydrogen) atoms. The van der Waals surface area contributed by atoms with Crippen molar-refractivity contribution < 1.29 is 19.1 Å². The summed E-state index contributed by atoms with van der Waals surface area (Å²) in [6.07, 6.45) is 5.91. The number of fused-ring (bicyclic) bond motifs is 4. The third kappa shape index (κ3) is 4.61. The van der Waals surface area contributed by atoms with Gasteiger partial charge in [0, 0.05) is 28.5 Å². The molecule has 0 saturated heterocycles.